The van der Waals surface area contributed by atoms with Gasteiger partial charge in [-0.1, -0.05) is 155 Å². The Bertz CT molecular complexity index is 2610. The van der Waals surface area contributed by atoms with E-state index < -0.39 is 0 Å². The molecule has 4 aliphatic rings. The molecule has 3 atom stereocenters. The standard InChI is InChI=1S/C56H53N/c1-56(2)53-35-44(48-18-10-9-17-47(48)39-14-7-4-8-15-39)25-30-50(53)51-31-28-46(36-54(51)56)57(45-26-22-40(23-27-45)52-33-37-20-21-43(52)32-37)55-19-11-16-42-34-41(24-29-49(42)55)38-12-5-3-6-13-38/h4,7-11,14-19,22-31,34-38,43,52H,3,5-6,12-13,20-21,32-33H2,1-2H3. The molecule has 0 aliphatic heterocycles. The fraction of sp³-hybridized carbons (Fsp3) is 0.286. The molecule has 1 nitrogen and oxygen atoms in total. The maximum atomic E-state index is 2.55. The SMILES string of the molecule is CC1(C)c2cc(-c3ccccc3-c3ccccc3)ccc2-c2ccc(N(c3ccc(C4CC5CCC4C5)cc3)c3cccc4cc(C5CCCCC5)ccc34)cc21. The van der Waals surface area contributed by atoms with Crippen molar-refractivity contribution in [1.29, 1.82) is 0 Å². The Morgan fingerprint density at radius 1 is 0.491 bits per heavy atom. The van der Waals surface area contributed by atoms with Crippen LogP contribution in [-0.4, -0.2) is 0 Å². The largest absolute Gasteiger partial charge is 0.310 e. The summed E-state index contributed by atoms with van der Waals surface area (Å²) < 4.78 is 0. The molecule has 7 aromatic rings. The highest BCUT2D eigenvalue weighted by Gasteiger charge is 2.40. The van der Waals surface area contributed by atoms with E-state index in [0.717, 1.165) is 17.8 Å². The average molecular weight is 740 g/mol. The summed E-state index contributed by atoms with van der Waals surface area (Å²) in [6.45, 7) is 4.85. The molecule has 0 aromatic heterocycles. The fourth-order valence-corrected chi connectivity index (χ4v) is 11.8. The molecule has 0 N–H and O–H groups in total. The van der Waals surface area contributed by atoms with E-state index in [2.05, 4.69) is 170 Å². The molecule has 3 fully saturated rings. The predicted molar refractivity (Wildman–Crippen MR) is 241 cm³/mol. The second-order valence-electron chi connectivity index (χ2n) is 18.3. The van der Waals surface area contributed by atoms with E-state index >= 15 is 0 Å². The second kappa shape index (κ2) is 13.9. The topological polar surface area (TPSA) is 3.24 Å². The monoisotopic (exact) mass is 739 g/mol. The Morgan fingerprint density at radius 3 is 1.95 bits per heavy atom. The molecule has 282 valence electrons. The summed E-state index contributed by atoms with van der Waals surface area (Å²) in [5.41, 5.74) is 17.2. The van der Waals surface area contributed by atoms with Crippen LogP contribution in [0.3, 0.4) is 0 Å². The van der Waals surface area contributed by atoms with Crippen LogP contribution in [0, 0.1) is 11.8 Å². The number of rotatable bonds is 7. The van der Waals surface area contributed by atoms with Gasteiger partial charge < -0.3 is 4.90 Å². The number of hydrogen-bond acceptors (Lipinski definition) is 1. The average Bonchev–Trinajstić information content (AvgIpc) is 3.97. The van der Waals surface area contributed by atoms with Crippen molar-refractivity contribution >= 4 is 27.8 Å². The zero-order valence-corrected chi connectivity index (χ0v) is 33.6. The fourth-order valence-electron chi connectivity index (χ4n) is 11.8. The Balaban J connectivity index is 1.01. The second-order valence-corrected chi connectivity index (χ2v) is 18.3. The minimum absolute atomic E-state index is 0.163. The van der Waals surface area contributed by atoms with Gasteiger partial charge in [-0.2, -0.15) is 0 Å². The third-order valence-electron chi connectivity index (χ3n) is 14.8. The molecule has 7 aromatic carbocycles. The van der Waals surface area contributed by atoms with Gasteiger partial charge in [0.15, 0.2) is 0 Å². The third kappa shape index (κ3) is 5.96. The first-order valence-electron chi connectivity index (χ1n) is 21.9. The Morgan fingerprint density at radius 2 is 1.19 bits per heavy atom. The summed E-state index contributed by atoms with van der Waals surface area (Å²) in [6, 6.07) is 58.2. The molecule has 0 saturated heterocycles. The maximum absolute atomic E-state index is 2.55. The summed E-state index contributed by atoms with van der Waals surface area (Å²) in [5, 5.41) is 2.66. The molecule has 0 radical (unpaired) electrons. The van der Waals surface area contributed by atoms with E-state index in [1.54, 1.807) is 0 Å². The molecule has 0 heterocycles. The van der Waals surface area contributed by atoms with Gasteiger partial charge in [0.1, 0.15) is 0 Å². The van der Waals surface area contributed by atoms with Gasteiger partial charge in [0.2, 0.25) is 0 Å². The van der Waals surface area contributed by atoms with Crippen molar-refractivity contribution in [3.05, 3.63) is 174 Å². The van der Waals surface area contributed by atoms with Gasteiger partial charge in [-0.3, -0.25) is 0 Å². The smallest absolute Gasteiger partial charge is 0.0540 e. The molecule has 2 bridgehead atoms. The lowest BCUT2D eigenvalue weighted by molar-refractivity contribution is 0.420. The van der Waals surface area contributed by atoms with Crippen molar-refractivity contribution in [2.45, 2.75) is 88.9 Å². The summed E-state index contributed by atoms with van der Waals surface area (Å²) in [5.74, 6) is 3.24. The third-order valence-corrected chi connectivity index (χ3v) is 14.8. The van der Waals surface area contributed by atoms with E-state index in [1.165, 1.54) is 141 Å². The van der Waals surface area contributed by atoms with Crippen LogP contribution in [0.25, 0.3) is 44.2 Å². The van der Waals surface area contributed by atoms with Crippen molar-refractivity contribution in [3.63, 3.8) is 0 Å². The zero-order chi connectivity index (χ0) is 38.1. The van der Waals surface area contributed by atoms with E-state index in [9.17, 15) is 0 Å². The lowest BCUT2D eigenvalue weighted by Gasteiger charge is -2.30. The first kappa shape index (κ1) is 34.8. The van der Waals surface area contributed by atoms with Crippen molar-refractivity contribution in [1.82, 2.24) is 0 Å². The summed E-state index contributed by atoms with van der Waals surface area (Å²) in [7, 11) is 0. The normalized spacial score (nSPS) is 20.8. The van der Waals surface area contributed by atoms with E-state index in [1.807, 2.05) is 0 Å². The highest BCUT2D eigenvalue weighted by atomic mass is 15.1. The van der Waals surface area contributed by atoms with Crippen molar-refractivity contribution in [2.24, 2.45) is 11.8 Å². The van der Waals surface area contributed by atoms with Gasteiger partial charge in [-0.15, -0.1) is 0 Å². The summed E-state index contributed by atoms with van der Waals surface area (Å²) in [4.78, 5) is 2.55. The highest BCUT2D eigenvalue weighted by Crippen LogP contribution is 2.54. The molecular weight excluding hydrogens is 687 g/mol. The van der Waals surface area contributed by atoms with Gasteiger partial charge in [0.05, 0.1) is 5.69 Å². The lowest BCUT2D eigenvalue weighted by Crippen LogP contribution is -2.17. The Labute approximate surface area is 339 Å². The number of anilines is 3. The highest BCUT2D eigenvalue weighted by molar-refractivity contribution is 6.00. The molecule has 0 amide bonds. The molecule has 11 rings (SSSR count). The first-order chi connectivity index (χ1) is 28.0. The number of hydrogen-bond donors (Lipinski definition) is 0. The quantitative estimate of drug-likeness (QED) is 0.157. The molecule has 0 spiro atoms. The predicted octanol–water partition coefficient (Wildman–Crippen LogP) is 15.9. The van der Waals surface area contributed by atoms with Gasteiger partial charge in [0.25, 0.3) is 0 Å². The van der Waals surface area contributed by atoms with Gasteiger partial charge in [0, 0.05) is 22.2 Å². The van der Waals surface area contributed by atoms with Crippen LogP contribution in [0.1, 0.15) is 106 Å². The van der Waals surface area contributed by atoms with Crippen LogP contribution in [0.2, 0.25) is 0 Å². The van der Waals surface area contributed by atoms with Gasteiger partial charge in [-0.05, 0) is 153 Å². The molecule has 57 heavy (non-hydrogen) atoms. The van der Waals surface area contributed by atoms with Crippen LogP contribution < -0.4 is 4.90 Å². The number of nitrogens with zero attached hydrogens (tertiary/aromatic N) is 1. The number of fused-ring (bicyclic) bond motifs is 6. The molecule has 3 saturated carbocycles. The summed E-state index contributed by atoms with van der Waals surface area (Å²) in [6.07, 6.45) is 12.4. The first-order valence-corrected chi connectivity index (χ1v) is 21.9. The van der Waals surface area contributed by atoms with E-state index in [-0.39, 0.29) is 5.41 Å². The minimum Gasteiger partial charge on any atom is -0.310 e. The van der Waals surface area contributed by atoms with E-state index in [4.69, 9.17) is 0 Å². The van der Waals surface area contributed by atoms with Crippen LogP contribution in [0.5, 0.6) is 0 Å². The maximum Gasteiger partial charge on any atom is 0.0540 e. The molecule has 3 unspecified atom stereocenters. The van der Waals surface area contributed by atoms with Crippen LogP contribution in [0.15, 0.2) is 152 Å². The van der Waals surface area contributed by atoms with Gasteiger partial charge in [-0.25, -0.2) is 0 Å². The van der Waals surface area contributed by atoms with E-state index in [0.29, 0.717) is 5.92 Å². The number of benzene rings is 7. The van der Waals surface area contributed by atoms with Crippen LogP contribution >= 0.6 is 0 Å². The van der Waals surface area contributed by atoms with Crippen molar-refractivity contribution in [3.8, 4) is 33.4 Å². The van der Waals surface area contributed by atoms with Gasteiger partial charge >= 0.3 is 0 Å². The molecule has 1 heteroatoms. The van der Waals surface area contributed by atoms with Crippen LogP contribution in [0.4, 0.5) is 17.1 Å². The lowest BCUT2D eigenvalue weighted by atomic mass is 9.81. The molecule has 4 aliphatic carbocycles. The van der Waals surface area contributed by atoms with Crippen LogP contribution in [-0.2, 0) is 5.41 Å². The Hall–Kier alpha value is -5.40. The van der Waals surface area contributed by atoms with Crippen molar-refractivity contribution in [2.75, 3.05) is 4.90 Å². The van der Waals surface area contributed by atoms with Crippen molar-refractivity contribution < 1.29 is 0 Å². The summed E-state index contributed by atoms with van der Waals surface area (Å²) >= 11 is 0. The zero-order valence-electron chi connectivity index (χ0n) is 33.6. The minimum atomic E-state index is -0.163. The Kier molecular flexibility index (Phi) is 8.50. The molecular formula is C56H53N.